The number of H-pyrrole nitrogens is 1. The van der Waals surface area contributed by atoms with E-state index in [2.05, 4.69) is 15.3 Å². The Labute approximate surface area is 177 Å². The molecule has 0 aliphatic heterocycles. The van der Waals surface area contributed by atoms with Crippen LogP contribution in [0.15, 0.2) is 48.5 Å². The molecule has 28 heavy (non-hydrogen) atoms. The number of amides is 1. The second kappa shape index (κ2) is 9.41. The summed E-state index contributed by atoms with van der Waals surface area (Å²) in [7, 11) is 0. The summed E-state index contributed by atoms with van der Waals surface area (Å²) in [5.74, 6) is 1.21. The van der Waals surface area contributed by atoms with Crippen LogP contribution < -0.4 is 11.1 Å². The lowest BCUT2D eigenvalue weighted by Gasteiger charge is -2.22. The molecule has 1 saturated carbocycles. The summed E-state index contributed by atoms with van der Waals surface area (Å²) >= 11 is 0. The van der Waals surface area contributed by atoms with Crippen molar-refractivity contribution in [1.29, 1.82) is 0 Å². The number of benzene rings is 2. The van der Waals surface area contributed by atoms with E-state index in [0.717, 1.165) is 28.1 Å². The summed E-state index contributed by atoms with van der Waals surface area (Å²) in [6.45, 7) is 1.86. The van der Waals surface area contributed by atoms with E-state index < -0.39 is 0 Å². The lowest BCUT2D eigenvalue weighted by atomic mass is 9.85. The number of rotatable bonds is 5. The number of nitrogens with zero attached hydrogens (tertiary/aromatic N) is 1. The predicted octanol–water partition coefficient (Wildman–Crippen LogP) is 4.95. The van der Waals surface area contributed by atoms with Gasteiger partial charge >= 0.3 is 0 Å². The van der Waals surface area contributed by atoms with Gasteiger partial charge in [0.05, 0.1) is 17.0 Å². The first kappa shape index (κ1) is 22.2. The molecule has 0 saturated heterocycles. The van der Waals surface area contributed by atoms with Gasteiger partial charge in [-0.3, -0.25) is 4.79 Å². The van der Waals surface area contributed by atoms with Crippen LogP contribution in [0, 0.1) is 5.92 Å². The third-order valence-electron chi connectivity index (χ3n) is 5.40. The van der Waals surface area contributed by atoms with Crippen LogP contribution in [0.25, 0.3) is 11.0 Å². The lowest BCUT2D eigenvalue weighted by molar-refractivity contribution is -0.120. The van der Waals surface area contributed by atoms with Crippen molar-refractivity contribution < 1.29 is 4.79 Å². The standard InChI is InChI=1S/C21H24N4O.2ClH/c1-13(19(22)14-6-3-2-4-7-14)21(26)23-16-10-11-17-18(12-16)25-20(24-17)15-8-5-9-15;;/h2-4,6-7,10-13,15,19H,5,8-9,22H2,1H3,(H,23,26)(H,24,25);2*1H. The van der Waals surface area contributed by atoms with Gasteiger partial charge in [0.15, 0.2) is 0 Å². The highest BCUT2D eigenvalue weighted by atomic mass is 35.5. The van der Waals surface area contributed by atoms with Gasteiger partial charge in [-0.05, 0) is 36.6 Å². The zero-order chi connectivity index (χ0) is 18.1. The van der Waals surface area contributed by atoms with Crippen molar-refractivity contribution >= 4 is 47.4 Å². The van der Waals surface area contributed by atoms with Gasteiger partial charge in [0.2, 0.25) is 5.91 Å². The van der Waals surface area contributed by atoms with E-state index in [0.29, 0.717) is 5.92 Å². The molecule has 0 spiro atoms. The molecule has 5 nitrogen and oxygen atoms in total. The molecular weight excluding hydrogens is 395 g/mol. The molecule has 7 heteroatoms. The Morgan fingerprint density at radius 3 is 2.54 bits per heavy atom. The molecule has 1 aliphatic carbocycles. The summed E-state index contributed by atoms with van der Waals surface area (Å²) in [5.41, 5.74) is 9.90. The first-order valence-electron chi connectivity index (χ1n) is 9.23. The summed E-state index contributed by atoms with van der Waals surface area (Å²) in [6.07, 6.45) is 3.69. The number of anilines is 1. The molecule has 1 amide bonds. The number of nitrogens with one attached hydrogen (secondary N) is 2. The maximum Gasteiger partial charge on any atom is 0.229 e. The van der Waals surface area contributed by atoms with Crippen LogP contribution in [0.4, 0.5) is 5.69 Å². The van der Waals surface area contributed by atoms with Gasteiger partial charge in [0, 0.05) is 17.6 Å². The second-order valence-corrected chi connectivity index (χ2v) is 7.20. The summed E-state index contributed by atoms with van der Waals surface area (Å²) < 4.78 is 0. The van der Waals surface area contributed by atoms with Crippen molar-refractivity contribution in [3.8, 4) is 0 Å². The highest BCUT2D eigenvalue weighted by molar-refractivity contribution is 5.94. The number of hydrogen-bond acceptors (Lipinski definition) is 3. The number of fused-ring (bicyclic) bond motifs is 1. The van der Waals surface area contributed by atoms with Crippen LogP contribution in [0.3, 0.4) is 0 Å². The summed E-state index contributed by atoms with van der Waals surface area (Å²) in [5, 5.41) is 2.98. The van der Waals surface area contributed by atoms with Crippen molar-refractivity contribution in [3.63, 3.8) is 0 Å². The van der Waals surface area contributed by atoms with Crippen molar-refractivity contribution in [2.24, 2.45) is 11.7 Å². The minimum Gasteiger partial charge on any atom is -0.342 e. The molecule has 1 fully saturated rings. The fraction of sp³-hybridized carbons (Fsp3) is 0.333. The maximum atomic E-state index is 12.6. The van der Waals surface area contributed by atoms with Gasteiger partial charge in [0.1, 0.15) is 5.82 Å². The Morgan fingerprint density at radius 1 is 1.18 bits per heavy atom. The number of aromatic amines is 1. The van der Waals surface area contributed by atoms with Gasteiger partial charge < -0.3 is 16.0 Å². The van der Waals surface area contributed by atoms with Crippen LogP contribution in [-0.2, 0) is 4.79 Å². The molecule has 1 aromatic heterocycles. The van der Waals surface area contributed by atoms with Crippen molar-refractivity contribution in [2.75, 3.05) is 5.32 Å². The van der Waals surface area contributed by atoms with Crippen LogP contribution in [0.2, 0.25) is 0 Å². The van der Waals surface area contributed by atoms with E-state index in [9.17, 15) is 4.79 Å². The number of carbonyl (C=O) groups is 1. The normalized spacial score (nSPS) is 15.6. The zero-order valence-electron chi connectivity index (χ0n) is 15.7. The molecule has 0 bridgehead atoms. The van der Waals surface area contributed by atoms with Gasteiger partial charge in [-0.15, -0.1) is 24.8 Å². The average Bonchev–Trinajstić information content (AvgIpc) is 3.02. The molecule has 1 heterocycles. The fourth-order valence-electron chi connectivity index (χ4n) is 3.37. The van der Waals surface area contributed by atoms with E-state index in [-0.39, 0.29) is 42.7 Å². The quantitative estimate of drug-likeness (QED) is 0.545. The predicted molar refractivity (Wildman–Crippen MR) is 118 cm³/mol. The number of aromatic nitrogens is 2. The highest BCUT2D eigenvalue weighted by Gasteiger charge is 2.24. The number of halogens is 2. The monoisotopic (exact) mass is 420 g/mol. The van der Waals surface area contributed by atoms with E-state index in [1.807, 2.05) is 55.5 Å². The zero-order valence-corrected chi connectivity index (χ0v) is 17.4. The molecule has 2 aromatic carbocycles. The molecule has 2 atom stereocenters. The number of carbonyl (C=O) groups excluding carboxylic acids is 1. The third kappa shape index (κ3) is 4.49. The topological polar surface area (TPSA) is 83.8 Å². The summed E-state index contributed by atoms with van der Waals surface area (Å²) in [4.78, 5) is 20.7. The van der Waals surface area contributed by atoms with E-state index in [4.69, 9.17) is 5.73 Å². The van der Waals surface area contributed by atoms with Gasteiger partial charge in [-0.25, -0.2) is 4.98 Å². The summed E-state index contributed by atoms with van der Waals surface area (Å²) in [6, 6.07) is 15.2. The van der Waals surface area contributed by atoms with E-state index in [1.165, 1.54) is 19.3 Å². The fourth-order valence-corrected chi connectivity index (χ4v) is 3.37. The van der Waals surface area contributed by atoms with Crippen LogP contribution in [-0.4, -0.2) is 15.9 Å². The molecule has 3 aromatic rings. The van der Waals surface area contributed by atoms with Gasteiger partial charge in [-0.2, -0.15) is 0 Å². The van der Waals surface area contributed by atoms with E-state index >= 15 is 0 Å². The highest BCUT2D eigenvalue weighted by Crippen LogP contribution is 2.35. The van der Waals surface area contributed by atoms with Crippen LogP contribution >= 0.6 is 24.8 Å². The second-order valence-electron chi connectivity index (χ2n) is 7.20. The number of hydrogen-bond donors (Lipinski definition) is 3. The minimum absolute atomic E-state index is 0. The van der Waals surface area contributed by atoms with Crippen LogP contribution in [0.5, 0.6) is 0 Å². The first-order chi connectivity index (χ1) is 12.6. The molecule has 2 unspecified atom stereocenters. The smallest absolute Gasteiger partial charge is 0.229 e. The first-order valence-corrected chi connectivity index (χ1v) is 9.23. The molecule has 1 aliphatic rings. The Bertz CT molecular complexity index is 925. The van der Waals surface area contributed by atoms with Crippen LogP contribution in [0.1, 0.15) is 49.5 Å². The Kier molecular flexibility index (Phi) is 7.47. The molecule has 150 valence electrons. The van der Waals surface area contributed by atoms with E-state index in [1.54, 1.807) is 0 Å². The molecule has 4 rings (SSSR count). The maximum absolute atomic E-state index is 12.6. The van der Waals surface area contributed by atoms with Gasteiger partial charge in [-0.1, -0.05) is 43.7 Å². The van der Waals surface area contributed by atoms with Crippen molar-refractivity contribution in [2.45, 2.75) is 38.1 Å². The lowest BCUT2D eigenvalue weighted by Crippen LogP contribution is -2.30. The van der Waals surface area contributed by atoms with Crippen molar-refractivity contribution in [3.05, 3.63) is 59.9 Å². The Hall–Kier alpha value is -2.08. The molecule has 4 N–H and O–H groups in total. The Balaban J connectivity index is 0.00000140. The van der Waals surface area contributed by atoms with Gasteiger partial charge in [0.25, 0.3) is 0 Å². The number of imidazole rings is 1. The van der Waals surface area contributed by atoms with Crippen molar-refractivity contribution in [1.82, 2.24) is 9.97 Å². The largest absolute Gasteiger partial charge is 0.342 e. The number of nitrogens with two attached hydrogens (primary N) is 1. The Morgan fingerprint density at radius 2 is 1.89 bits per heavy atom. The SMILES string of the molecule is CC(C(=O)Nc1ccc2nc(C3CCC3)[nH]c2c1)C(N)c1ccccc1.Cl.Cl. The molecule has 0 radical (unpaired) electrons. The molecular formula is C21H26Cl2N4O. The minimum atomic E-state index is -0.336. The third-order valence-corrected chi connectivity index (χ3v) is 5.40. The average molecular weight is 421 g/mol.